The van der Waals surface area contributed by atoms with Crippen molar-refractivity contribution >= 4 is 17.1 Å². The van der Waals surface area contributed by atoms with Gasteiger partial charge in [-0.25, -0.2) is 0 Å². The summed E-state index contributed by atoms with van der Waals surface area (Å²) in [5.74, 6) is 0. The molecule has 0 saturated carbocycles. The Balaban J connectivity index is 5.81. The highest BCUT2D eigenvalue weighted by Crippen LogP contribution is 2.40. The zero-order chi connectivity index (χ0) is 20.1. The quantitative estimate of drug-likeness (QED) is 0.329. The fraction of sp³-hybridized carbons (Fsp3) is 1.00. The molecule has 11 heteroatoms. The van der Waals surface area contributed by atoms with Crippen LogP contribution in [0.15, 0.2) is 0 Å². The van der Waals surface area contributed by atoms with Gasteiger partial charge in [-0.15, -0.1) is 0 Å². The van der Waals surface area contributed by atoms with Gasteiger partial charge in [-0.2, -0.15) is 26.3 Å². The summed E-state index contributed by atoms with van der Waals surface area (Å²) in [6, 6.07) is 0.787. The fourth-order valence-corrected chi connectivity index (χ4v) is 11.1. The molecular weight excluding hydrogens is 386 g/mol. The van der Waals surface area contributed by atoms with E-state index in [1.54, 1.807) is 27.7 Å². The van der Waals surface area contributed by atoms with Crippen LogP contribution in [0.5, 0.6) is 0 Å². The highest BCUT2D eigenvalue weighted by molar-refractivity contribution is 6.81. The third-order valence-corrected chi connectivity index (χ3v) is 12.8. The second-order valence-electron chi connectivity index (χ2n) is 6.09. The van der Waals surface area contributed by atoms with Gasteiger partial charge in [0.1, 0.15) is 0 Å². The van der Waals surface area contributed by atoms with E-state index < -0.39 is 35.6 Å². The van der Waals surface area contributed by atoms with Gasteiger partial charge in [0.2, 0.25) is 6.10 Å². The molecule has 0 fully saturated rings. The minimum atomic E-state index is -5.55. The molecule has 0 N–H and O–H groups in total. The molecule has 0 aliphatic heterocycles. The molecule has 0 aliphatic carbocycles. The van der Waals surface area contributed by atoms with Gasteiger partial charge in [0, 0.05) is 6.10 Å². The molecule has 0 aromatic rings. The van der Waals surface area contributed by atoms with Crippen molar-refractivity contribution in [2.24, 2.45) is 0 Å². The Morgan fingerprint density at radius 2 is 1.00 bits per heavy atom. The summed E-state index contributed by atoms with van der Waals surface area (Å²) in [7, 11) is -6.74. The minimum absolute atomic E-state index is 0.0254. The van der Waals surface area contributed by atoms with Crippen molar-refractivity contribution in [3.63, 3.8) is 0 Å². The Kier molecular flexibility index (Phi) is 9.16. The Morgan fingerprint density at radius 1 is 0.680 bits per heavy atom. The number of halogens is 6. The smallest absolute Gasteiger partial charge is 0.414 e. The average molecular weight is 415 g/mol. The summed E-state index contributed by atoms with van der Waals surface area (Å²) in [6.07, 6.45) is -15.2. The molecular formula is C14H28F6O3Si2. The lowest BCUT2D eigenvalue weighted by molar-refractivity contribution is -0.305. The van der Waals surface area contributed by atoms with Gasteiger partial charge >= 0.3 is 29.5 Å². The molecule has 0 aromatic heterocycles. The van der Waals surface area contributed by atoms with E-state index in [-0.39, 0.29) is 18.2 Å². The molecule has 3 nitrogen and oxygen atoms in total. The fourth-order valence-electron chi connectivity index (χ4n) is 2.47. The SMILES string of the molecule is CC[Si](CC)(OC(C)C)O[Si](CC)(CC)OC(C(F)(F)F)C(F)(F)F. The summed E-state index contributed by atoms with van der Waals surface area (Å²) in [5, 5.41) is 0. The molecule has 0 aliphatic rings. The molecule has 0 unspecified atom stereocenters. The molecule has 0 atom stereocenters. The first-order chi connectivity index (χ1) is 11.2. The number of hydrogen-bond donors (Lipinski definition) is 0. The number of hydrogen-bond acceptors (Lipinski definition) is 3. The molecule has 0 spiro atoms. The van der Waals surface area contributed by atoms with Crippen molar-refractivity contribution in [2.45, 2.75) is 90.3 Å². The zero-order valence-electron chi connectivity index (χ0n) is 15.5. The molecule has 0 radical (unpaired) electrons. The molecule has 0 amide bonds. The summed E-state index contributed by atoms with van der Waals surface area (Å²) in [4.78, 5) is 0. The molecule has 25 heavy (non-hydrogen) atoms. The van der Waals surface area contributed by atoms with Crippen molar-refractivity contribution in [1.82, 2.24) is 0 Å². The molecule has 152 valence electrons. The first-order valence-corrected chi connectivity index (χ1v) is 12.9. The van der Waals surface area contributed by atoms with E-state index in [9.17, 15) is 26.3 Å². The summed E-state index contributed by atoms with van der Waals surface area (Å²) < 4.78 is 94.1. The van der Waals surface area contributed by atoms with Gasteiger partial charge < -0.3 is 13.0 Å². The third-order valence-electron chi connectivity index (χ3n) is 3.90. The van der Waals surface area contributed by atoms with Crippen molar-refractivity contribution < 1.29 is 39.3 Å². The van der Waals surface area contributed by atoms with Crippen molar-refractivity contribution in [3.8, 4) is 0 Å². The topological polar surface area (TPSA) is 27.7 Å². The van der Waals surface area contributed by atoms with Gasteiger partial charge in [-0.3, -0.25) is 0 Å². The lowest BCUT2D eigenvalue weighted by Gasteiger charge is -2.42. The second-order valence-corrected chi connectivity index (χ2v) is 13.8. The molecule has 0 aromatic carbocycles. The summed E-state index contributed by atoms with van der Waals surface area (Å²) in [6.45, 7) is 10.1. The minimum Gasteiger partial charge on any atom is -0.414 e. The normalized spacial score (nSPS) is 14.6. The maximum atomic E-state index is 12.9. The molecule has 0 saturated heterocycles. The van der Waals surface area contributed by atoms with Crippen LogP contribution in [0.3, 0.4) is 0 Å². The average Bonchev–Trinajstić information content (AvgIpc) is 2.47. The number of rotatable bonds is 10. The standard InChI is InChI=1S/C14H28F6O3Si2/c1-7-24(8-2,21-11(5)6)23-25(9-3,10-4)22-12(13(15,16)17)14(18,19)20/h11-12H,7-10H2,1-6H3. The van der Waals surface area contributed by atoms with E-state index in [0.717, 1.165) is 0 Å². The Labute approximate surface area is 147 Å². The van der Waals surface area contributed by atoms with Gasteiger partial charge in [-0.1, -0.05) is 27.7 Å². The Hall–Kier alpha value is -0.106. The van der Waals surface area contributed by atoms with Crippen LogP contribution in [-0.4, -0.2) is 41.7 Å². The molecule has 0 bridgehead atoms. The first kappa shape index (κ1) is 24.9. The van der Waals surface area contributed by atoms with Gasteiger partial charge in [0.05, 0.1) is 0 Å². The van der Waals surface area contributed by atoms with Crippen molar-refractivity contribution in [1.29, 1.82) is 0 Å². The van der Waals surface area contributed by atoms with Crippen LogP contribution in [0.25, 0.3) is 0 Å². The lowest BCUT2D eigenvalue weighted by Crippen LogP contribution is -2.59. The number of alkyl halides is 6. The largest absolute Gasteiger partial charge is 0.422 e. The van der Waals surface area contributed by atoms with Crippen molar-refractivity contribution in [2.75, 3.05) is 0 Å². The van der Waals surface area contributed by atoms with Crippen LogP contribution in [0.2, 0.25) is 24.2 Å². The van der Waals surface area contributed by atoms with Gasteiger partial charge in [0.25, 0.3) is 0 Å². The highest BCUT2D eigenvalue weighted by Gasteiger charge is 2.61. The van der Waals surface area contributed by atoms with Gasteiger partial charge in [-0.05, 0) is 38.0 Å². The van der Waals surface area contributed by atoms with Crippen LogP contribution in [-0.2, 0) is 13.0 Å². The van der Waals surface area contributed by atoms with E-state index in [1.165, 1.54) is 13.8 Å². The lowest BCUT2D eigenvalue weighted by atomic mass is 10.3. The van der Waals surface area contributed by atoms with E-state index in [4.69, 9.17) is 13.0 Å². The zero-order valence-corrected chi connectivity index (χ0v) is 17.5. The monoisotopic (exact) mass is 414 g/mol. The Bertz CT molecular complexity index is 379. The van der Waals surface area contributed by atoms with Crippen LogP contribution in [0, 0.1) is 0 Å². The van der Waals surface area contributed by atoms with Gasteiger partial charge in [0.15, 0.2) is 0 Å². The summed E-state index contributed by atoms with van der Waals surface area (Å²) in [5.41, 5.74) is 0. The van der Waals surface area contributed by atoms with Crippen LogP contribution in [0.1, 0.15) is 41.5 Å². The Morgan fingerprint density at radius 3 is 1.24 bits per heavy atom. The van der Waals surface area contributed by atoms with E-state index in [2.05, 4.69) is 0 Å². The predicted octanol–water partition coefficient (Wildman–Crippen LogP) is 5.90. The van der Waals surface area contributed by atoms with E-state index in [0.29, 0.717) is 12.1 Å². The van der Waals surface area contributed by atoms with Crippen LogP contribution < -0.4 is 0 Å². The molecule has 0 heterocycles. The maximum absolute atomic E-state index is 12.9. The first-order valence-electron chi connectivity index (χ1n) is 8.40. The van der Waals surface area contributed by atoms with Crippen LogP contribution >= 0.6 is 0 Å². The van der Waals surface area contributed by atoms with Crippen molar-refractivity contribution in [3.05, 3.63) is 0 Å². The summed E-state index contributed by atoms with van der Waals surface area (Å²) >= 11 is 0. The van der Waals surface area contributed by atoms with E-state index in [1.807, 2.05) is 0 Å². The maximum Gasteiger partial charge on any atom is 0.422 e. The van der Waals surface area contributed by atoms with Crippen LogP contribution in [0.4, 0.5) is 26.3 Å². The highest BCUT2D eigenvalue weighted by atomic mass is 28.5. The van der Waals surface area contributed by atoms with E-state index >= 15 is 0 Å². The predicted molar refractivity (Wildman–Crippen MR) is 87.7 cm³/mol. The second kappa shape index (κ2) is 9.20. The molecule has 0 rings (SSSR count). The third kappa shape index (κ3) is 7.20.